The maximum Gasteiger partial charge on any atom is 0.304 e. The Morgan fingerprint density at radius 1 is 1.64 bits per heavy atom. The Morgan fingerprint density at radius 2 is 2.29 bits per heavy atom. The summed E-state index contributed by atoms with van der Waals surface area (Å²) in [6, 6.07) is 0. The van der Waals surface area contributed by atoms with E-state index in [9.17, 15) is 9.90 Å². The Balaban J connectivity index is 2.81. The second-order valence-electron chi connectivity index (χ2n) is 3.90. The fourth-order valence-electron chi connectivity index (χ4n) is 1.36. The molecule has 0 aromatic carbocycles. The molecular weight excluding hydrogens is 180 g/mol. The third-order valence-electron chi connectivity index (χ3n) is 2.21. The van der Waals surface area contributed by atoms with Crippen LogP contribution in [0.15, 0.2) is 12.4 Å². The summed E-state index contributed by atoms with van der Waals surface area (Å²) in [5, 5.41) is 10.8. The fourth-order valence-corrected chi connectivity index (χ4v) is 1.36. The van der Waals surface area contributed by atoms with Crippen molar-refractivity contribution in [2.24, 2.45) is 13.0 Å². The predicted molar refractivity (Wildman–Crippen MR) is 49.4 cm³/mol. The van der Waals surface area contributed by atoms with Crippen LogP contribution in [0.5, 0.6) is 0 Å². The minimum atomic E-state index is -1.12. The van der Waals surface area contributed by atoms with Gasteiger partial charge in [0, 0.05) is 0 Å². The minimum absolute atomic E-state index is 0.227. The molecule has 0 aliphatic rings. The molecule has 0 fully saturated rings. The molecule has 1 heterocycles. The smallest absolute Gasteiger partial charge is 0.304 e. The summed E-state index contributed by atoms with van der Waals surface area (Å²) in [4.78, 5) is 10.8. The van der Waals surface area contributed by atoms with Crippen LogP contribution >= 0.6 is 0 Å². The number of aromatic carboxylic acids is 1. The highest BCUT2D eigenvalue weighted by Crippen LogP contribution is 2.03. The van der Waals surface area contributed by atoms with Crippen molar-refractivity contribution in [2.75, 3.05) is 0 Å². The van der Waals surface area contributed by atoms with Gasteiger partial charge in [0.1, 0.15) is 12.4 Å². The van der Waals surface area contributed by atoms with Crippen molar-refractivity contribution in [1.82, 2.24) is 4.57 Å². The zero-order valence-electron chi connectivity index (χ0n) is 8.86. The van der Waals surface area contributed by atoms with E-state index in [2.05, 4.69) is 13.8 Å². The molecule has 1 aromatic rings. The number of hydrogen-bond acceptors (Lipinski definition) is 2. The van der Waals surface area contributed by atoms with Crippen LogP contribution in [0.4, 0.5) is 0 Å². The average molecular weight is 196 g/mol. The number of imidazole rings is 1. The summed E-state index contributed by atoms with van der Waals surface area (Å²) in [5.74, 6) is -0.329. The lowest BCUT2D eigenvalue weighted by Crippen LogP contribution is -2.41. The molecule has 0 bridgehead atoms. The Morgan fingerprint density at radius 3 is 2.79 bits per heavy atom. The van der Waals surface area contributed by atoms with Crippen LogP contribution in [0.1, 0.15) is 30.9 Å². The van der Waals surface area contributed by atoms with Crippen molar-refractivity contribution in [3.05, 3.63) is 18.2 Å². The van der Waals surface area contributed by atoms with E-state index < -0.39 is 5.97 Å². The molecule has 0 saturated heterocycles. The number of nitrogens with zero attached hydrogens (tertiary/aromatic N) is 2. The zero-order chi connectivity index (χ0) is 10.7. The van der Waals surface area contributed by atoms with Crippen molar-refractivity contribution in [3.8, 4) is 0 Å². The Kier molecular flexibility index (Phi) is 3.28. The second-order valence-corrected chi connectivity index (χ2v) is 3.90. The molecule has 4 heteroatoms. The average Bonchev–Trinajstić information content (AvgIpc) is 2.43. The first kappa shape index (κ1) is 10.8. The molecule has 0 N–H and O–H groups in total. The first-order valence-corrected chi connectivity index (χ1v) is 4.78. The van der Waals surface area contributed by atoms with E-state index in [-0.39, 0.29) is 5.82 Å². The lowest BCUT2D eigenvalue weighted by Gasteiger charge is -2.05. The number of aryl methyl sites for hydroxylation is 2. The number of carbonyl (C=O) groups excluding carboxylic acids is 1. The standard InChI is InChI=1S/C10H16N2O2/c1-8(2)4-5-12-7-6-11(3)9(12)10(13)14/h6-8H,4-5H2,1-3H3. The zero-order valence-corrected chi connectivity index (χ0v) is 8.86. The molecule has 0 saturated carbocycles. The SMILES string of the molecule is CC(C)CCn1cc[n+](C)c1C(=O)[O-]. The van der Waals surface area contributed by atoms with Crippen molar-refractivity contribution < 1.29 is 14.5 Å². The first-order chi connectivity index (χ1) is 6.52. The molecule has 0 aliphatic carbocycles. The van der Waals surface area contributed by atoms with E-state index in [0.29, 0.717) is 5.92 Å². The van der Waals surface area contributed by atoms with Gasteiger partial charge in [-0.1, -0.05) is 13.8 Å². The van der Waals surface area contributed by atoms with Gasteiger partial charge < -0.3 is 9.90 Å². The molecule has 0 unspecified atom stereocenters. The van der Waals surface area contributed by atoms with Crippen LogP contribution in [0.2, 0.25) is 0 Å². The van der Waals surface area contributed by atoms with E-state index in [0.717, 1.165) is 13.0 Å². The second kappa shape index (κ2) is 4.26. The molecule has 4 nitrogen and oxygen atoms in total. The summed E-state index contributed by atoms with van der Waals surface area (Å²) < 4.78 is 3.28. The number of carboxylic acids is 1. The lowest BCUT2D eigenvalue weighted by atomic mass is 10.1. The molecule has 0 aliphatic heterocycles. The number of rotatable bonds is 4. The number of aromatic nitrogens is 2. The molecule has 0 radical (unpaired) electrons. The monoisotopic (exact) mass is 196 g/mol. The molecule has 1 aromatic heterocycles. The van der Waals surface area contributed by atoms with Gasteiger partial charge in [-0.3, -0.25) is 0 Å². The summed E-state index contributed by atoms with van der Waals surface area (Å²) in [6.45, 7) is 4.95. The number of carboxylic acid groups (broad SMARTS) is 1. The van der Waals surface area contributed by atoms with Crippen molar-refractivity contribution in [2.45, 2.75) is 26.8 Å². The topological polar surface area (TPSA) is 48.9 Å². The predicted octanol–water partition coefficient (Wildman–Crippen LogP) is -0.278. The molecule has 78 valence electrons. The molecule has 14 heavy (non-hydrogen) atoms. The van der Waals surface area contributed by atoms with Gasteiger partial charge in [-0.2, -0.15) is 0 Å². The molecular formula is C10H16N2O2. The quantitative estimate of drug-likeness (QED) is 0.622. The van der Waals surface area contributed by atoms with Gasteiger partial charge in [0.05, 0.1) is 13.6 Å². The van der Waals surface area contributed by atoms with E-state index in [1.807, 2.05) is 0 Å². The Hall–Kier alpha value is -1.32. The van der Waals surface area contributed by atoms with Gasteiger partial charge in [0.15, 0.2) is 5.97 Å². The fraction of sp³-hybridized carbons (Fsp3) is 0.600. The van der Waals surface area contributed by atoms with Crippen LogP contribution in [0.25, 0.3) is 0 Å². The summed E-state index contributed by atoms with van der Waals surface area (Å²) in [6.07, 6.45) is 4.47. The van der Waals surface area contributed by atoms with E-state index >= 15 is 0 Å². The lowest BCUT2D eigenvalue weighted by molar-refractivity contribution is -0.675. The molecule has 1 rings (SSSR count). The molecule has 0 spiro atoms. The summed E-state index contributed by atoms with van der Waals surface area (Å²) >= 11 is 0. The van der Waals surface area contributed by atoms with Crippen LogP contribution in [0.3, 0.4) is 0 Å². The van der Waals surface area contributed by atoms with E-state index in [4.69, 9.17) is 0 Å². The highest BCUT2D eigenvalue weighted by atomic mass is 16.4. The molecule has 0 amide bonds. The van der Waals surface area contributed by atoms with Gasteiger partial charge in [-0.25, -0.2) is 9.13 Å². The van der Waals surface area contributed by atoms with Gasteiger partial charge in [-0.15, -0.1) is 0 Å². The largest absolute Gasteiger partial charge is 0.538 e. The van der Waals surface area contributed by atoms with E-state index in [1.165, 1.54) is 0 Å². The Bertz CT molecular complexity index is 329. The normalized spacial score (nSPS) is 10.9. The minimum Gasteiger partial charge on any atom is -0.538 e. The highest BCUT2D eigenvalue weighted by molar-refractivity contribution is 5.79. The van der Waals surface area contributed by atoms with Crippen LogP contribution in [-0.2, 0) is 13.6 Å². The summed E-state index contributed by atoms with van der Waals surface area (Å²) in [5.41, 5.74) is 0. The van der Waals surface area contributed by atoms with Gasteiger partial charge in [0.25, 0.3) is 0 Å². The third kappa shape index (κ3) is 2.34. The van der Waals surface area contributed by atoms with Crippen molar-refractivity contribution >= 4 is 5.97 Å². The van der Waals surface area contributed by atoms with Crippen molar-refractivity contribution in [3.63, 3.8) is 0 Å². The van der Waals surface area contributed by atoms with Crippen LogP contribution < -0.4 is 9.67 Å². The third-order valence-corrected chi connectivity index (χ3v) is 2.21. The van der Waals surface area contributed by atoms with Gasteiger partial charge in [-0.05, 0) is 12.3 Å². The maximum atomic E-state index is 10.8. The Labute approximate surface area is 83.8 Å². The van der Waals surface area contributed by atoms with E-state index in [1.54, 1.807) is 28.6 Å². The van der Waals surface area contributed by atoms with Crippen molar-refractivity contribution in [1.29, 1.82) is 0 Å². The maximum absolute atomic E-state index is 10.8. The van der Waals surface area contributed by atoms with Gasteiger partial charge in [0.2, 0.25) is 0 Å². The van der Waals surface area contributed by atoms with Gasteiger partial charge >= 0.3 is 5.82 Å². The number of carbonyl (C=O) groups is 1. The first-order valence-electron chi connectivity index (χ1n) is 4.78. The van der Waals surface area contributed by atoms with Crippen LogP contribution in [0, 0.1) is 5.92 Å². The molecule has 0 atom stereocenters. The van der Waals surface area contributed by atoms with Crippen LogP contribution in [-0.4, -0.2) is 10.5 Å². The number of hydrogen-bond donors (Lipinski definition) is 0. The summed E-state index contributed by atoms with van der Waals surface area (Å²) in [7, 11) is 1.71. The highest BCUT2D eigenvalue weighted by Gasteiger charge is 2.15.